The van der Waals surface area contributed by atoms with Crippen molar-refractivity contribution in [1.29, 1.82) is 0 Å². The van der Waals surface area contributed by atoms with E-state index < -0.39 is 11.5 Å². The highest BCUT2D eigenvalue weighted by Crippen LogP contribution is 2.57. The van der Waals surface area contributed by atoms with Gasteiger partial charge in [-0.2, -0.15) is 0 Å². The topological polar surface area (TPSA) is 40.6 Å². The number of para-hydroxylation sites is 1. The fourth-order valence-electron chi connectivity index (χ4n) is 6.32. The van der Waals surface area contributed by atoms with Gasteiger partial charge in [-0.15, -0.1) is 0 Å². The Morgan fingerprint density at radius 2 is 1.58 bits per heavy atom. The summed E-state index contributed by atoms with van der Waals surface area (Å²) in [5.41, 5.74) is 2.57. The number of fused-ring (bicyclic) bond motifs is 2. The molecule has 0 N–H and O–H groups in total. The second-order valence-electron chi connectivity index (χ2n) is 10.0. The molecule has 4 aromatic rings. The quantitative estimate of drug-likeness (QED) is 0.282. The molecular weight excluding hydrogens is 499 g/mol. The molecule has 0 radical (unpaired) electrons. The van der Waals surface area contributed by atoms with Crippen LogP contribution in [0.5, 0.6) is 0 Å². The Kier molecular flexibility index (Phi) is 6.13. The van der Waals surface area contributed by atoms with Gasteiger partial charge >= 0.3 is 0 Å². The van der Waals surface area contributed by atoms with Crippen molar-refractivity contribution in [2.75, 3.05) is 18.5 Å². The van der Waals surface area contributed by atoms with Crippen molar-refractivity contribution in [2.45, 2.75) is 18.0 Å². The van der Waals surface area contributed by atoms with Gasteiger partial charge in [0.15, 0.2) is 5.78 Å². The van der Waals surface area contributed by atoms with Crippen molar-refractivity contribution in [3.05, 3.63) is 136 Å². The Morgan fingerprint density at radius 1 is 0.921 bits per heavy atom. The molecule has 2 aliphatic rings. The van der Waals surface area contributed by atoms with E-state index in [1.165, 1.54) is 12.1 Å². The molecule has 0 saturated carbocycles. The van der Waals surface area contributed by atoms with Crippen LogP contribution in [-0.2, 0) is 16.9 Å². The standard InChI is InChI=1S/C32H26ClFN2O2/c1-35-20-25(21-15-17-24(34)18-16-21)29(30(37)22-9-3-2-4-10-22)32(35)26-12-6-8-14-28(26)36(31(32)38)19-23-11-5-7-13-27(23)33/h2-18,25,29H,19-20H2,1H3/t25-,29-,32+/m1/s1. The molecule has 0 unspecified atom stereocenters. The van der Waals surface area contributed by atoms with Gasteiger partial charge in [0.2, 0.25) is 0 Å². The summed E-state index contributed by atoms with van der Waals surface area (Å²) in [6.07, 6.45) is 0. The lowest BCUT2D eigenvalue weighted by molar-refractivity contribution is -0.129. The first-order chi connectivity index (χ1) is 18.4. The SMILES string of the molecule is CN1C[C@H](c2ccc(F)cc2)[C@H](C(=O)c2ccccc2)[C@@]12C(=O)N(Cc1ccccc1Cl)c1ccccc12. The second-order valence-corrected chi connectivity index (χ2v) is 10.4. The normalized spacial score (nSPS) is 22.7. The summed E-state index contributed by atoms with van der Waals surface area (Å²) in [5, 5.41) is 0.583. The summed E-state index contributed by atoms with van der Waals surface area (Å²) in [6, 6.07) is 30.6. The Morgan fingerprint density at radius 3 is 2.32 bits per heavy atom. The highest BCUT2D eigenvalue weighted by atomic mass is 35.5. The van der Waals surface area contributed by atoms with Gasteiger partial charge in [0.25, 0.3) is 5.91 Å². The van der Waals surface area contributed by atoms with Crippen LogP contribution in [0.4, 0.5) is 10.1 Å². The molecule has 1 fully saturated rings. The largest absolute Gasteiger partial charge is 0.306 e. The molecule has 0 aromatic heterocycles. The Balaban J connectivity index is 1.54. The predicted octanol–water partition coefficient (Wildman–Crippen LogP) is 6.45. The summed E-state index contributed by atoms with van der Waals surface area (Å²) < 4.78 is 13.9. The second kappa shape index (κ2) is 9.50. The molecule has 3 atom stereocenters. The van der Waals surface area contributed by atoms with Crippen molar-refractivity contribution in [1.82, 2.24) is 4.90 Å². The number of anilines is 1. The highest BCUT2D eigenvalue weighted by Gasteiger charge is 2.66. The Bertz CT molecular complexity index is 1520. The van der Waals surface area contributed by atoms with E-state index in [0.717, 1.165) is 22.4 Å². The lowest BCUT2D eigenvalue weighted by atomic mass is 9.70. The van der Waals surface area contributed by atoms with E-state index in [2.05, 4.69) is 0 Å². The van der Waals surface area contributed by atoms with Gasteiger partial charge in [0.1, 0.15) is 11.4 Å². The molecule has 0 bridgehead atoms. The van der Waals surface area contributed by atoms with E-state index in [1.807, 2.05) is 78.7 Å². The predicted molar refractivity (Wildman–Crippen MR) is 147 cm³/mol. The Labute approximate surface area is 226 Å². The van der Waals surface area contributed by atoms with Crippen LogP contribution in [0.25, 0.3) is 0 Å². The van der Waals surface area contributed by atoms with Crippen molar-refractivity contribution < 1.29 is 14.0 Å². The smallest absolute Gasteiger partial charge is 0.253 e. The van der Waals surface area contributed by atoms with E-state index in [9.17, 15) is 14.0 Å². The van der Waals surface area contributed by atoms with Crippen LogP contribution in [-0.4, -0.2) is 30.2 Å². The monoisotopic (exact) mass is 524 g/mol. The van der Waals surface area contributed by atoms with Crippen molar-refractivity contribution in [3.63, 3.8) is 0 Å². The third-order valence-electron chi connectivity index (χ3n) is 8.03. The van der Waals surface area contributed by atoms with Gasteiger partial charge in [0, 0.05) is 34.3 Å². The van der Waals surface area contributed by atoms with E-state index in [-0.39, 0.29) is 23.4 Å². The molecular formula is C32H26ClFN2O2. The number of likely N-dealkylation sites (N-methyl/N-ethyl adjacent to an activating group) is 1. The zero-order valence-electron chi connectivity index (χ0n) is 20.9. The van der Waals surface area contributed by atoms with Crippen molar-refractivity contribution in [3.8, 4) is 0 Å². The number of halogens is 2. The van der Waals surface area contributed by atoms with Crippen LogP contribution in [0.3, 0.4) is 0 Å². The van der Waals surface area contributed by atoms with Gasteiger partial charge in [-0.25, -0.2) is 4.39 Å². The first-order valence-corrected chi connectivity index (χ1v) is 13.0. The minimum Gasteiger partial charge on any atom is -0.306 e. The summed E-state index contributed by atoms with van der Waals surface area (Å²) in [7, 11) is 1.91. The molecule has 38 heavy (non-hydrogen) atoms. The molecule has 190 valence electrons. The van der Waals surface area contributed by atoms with Crippen molar-refractivity contribution in [2.24, 2.45) is 5.92 Å². The first-order valence-electron chi connectivity index (χ1n) is 12.6. The van der Waals surface area contributed by atoms with Crippen LogP contribution < -0.4 is 4.90 Å². The maximum absolute atomic E-state index is 14.7. The third-order valence-corrected chi connectivity index (χ3v) is 8.40. The van der Waals surface area contributed by atoms with Gasteiger partial charge in [0.05, 0.1) is 12.5 Å². The number of likely N-dealkylation sites (tertiary alicyclic amines) is 1. The van der Waals surface area contributed by atoms with Gasteiger partial charge in [-0.3, -0.25) is 14.5 Å². The molecule has 6 rings (SSSR count). The molecule has 6 heteroatoms. The number of carbonyl (C=O) groups is 2. The average molecular weight is 525 g/mol. The fraction of sp³-hybridized carbons (Fsp3) is 0.188. The number of nitrogens with zero attached hydrogens (tertiary/aromatic N) is 2. The Hall–Kier alpha value is -3.80. The summed E-state index contributed by atoms with van der Waals surface area (Å²) in [5.74, 6) is -1.63. The highest BCUT2D eigenvalue weighted by molar-refractivity contribution is 6.31. The van der Waals surface area contributed by atoms with Crippen LogP contribution in [0.2, 0.25) is 5.02 Å². The van der Waals surface area contributed by atoms with Gasteiger partial charge in [-0.1, -0.05) is 90.5 Å². The minimum atomic E-state index is -1.22. The van der Waals surface area contributed by atoms with Crippen LogP contribution in [0.1, 0.15) is 33.0 Å². The van der Waals surface area contributed by atoms with Crippen LogP contribution >= 0.6 is 11.6 Å². The molecule has 4 aromatic carbocycles. The number of rotatable bonds is 5. The van der Waals surface area contributed by atoms with E-state index in [1.54, 1.807) is 29.2 Å². The number of benzene rings is 4. The number of ketones is 1. The van der Waals surface area contributed by atoms with E-state index >= 15 is 0 Å². The van der Waals surface area contributed by atoms with E-state index in [0.29, 0.717) is 23.7 Å². The number of amides is 1. The van der Waals surface area contributed by atoms with Gasteiger partial charge in [-0.05, 0) is 42.4 Å². The number of hydrogen-bond acceptors (Lipinski definition) is 3. The molecule has 4 nitrogen and oxygen atoms in total. The number of Topliss-reactive ketones (excluding diaryl/α,β-unsaturated/α-hetero) is 1. The number of carbonyl (C=O) groups excluding carboxylic acids is 2. The molecule has 1 spiro atoms. The average Bonchev–Trinajstić information content (AvgIpc) is 3.38. The molecule has 1 amide bonds. The fourth-order valence-corrected chi connectivity index (χ4v) is 6.52. The zero-order valence-corrected chi connectivity index (χ0v) is 21.6. The number of hydrogen-bond donors (Lipinski definition) is 0. The molecule has 2 aliphatic heterocycles. The maximum atomic E-state index is 14.7. The summed E-state index contributed by atoms with van der Waals surface area (Å²) >= 11 is 6.50. The molecule has 2 heterocycles. The summed E-state index contributed by atoms with van der Waals surface area (Å²) in [4.78, 5) is 32.9. The minimum absolute atomic E-state index is 0.105. The first kappa shape index (κ1) is 24.5. The van der Waals surface area contributed by atoms with E-state index in [4.69, 9.17) is 11.6 Å². The molecule has 1 saturated heterocycles. The van der Waals surface area contributed by atoms with Crippen molar-refractivity contribution >= 4 is 29.0 Å². The van der Waals surface area contributed by atoms with Crippen LogP contribution in [0.15, 0.2) is 103 Å². The van der Waals surface area contributed by atoms with Gasteiger partial charge < -0.3 is 4.90 Å². The zero-order chi connectivity index (χ0) is 26.4. The maximum Gasteiger partial charge on any atom is 0.253 e. The molecule has 0 aliphatic carbocycles. The lowest BCUT2D eigenvalue weighted by Crippen LogP contribution is -2.53. The third kappa shape index (κ3) is 3.69. The summed E-state index contributed by atoms with van der Waals surface area (Å²) in [6.45, 7) is 0.757. The van der Waals surface area contributed by atoms with Crippen LogP contribution in [0, 0.1) is 11.7 Å². The lowest BCUT2D eigenvalue weighted by Gasteiger charge is -2.36.